The van der Waals surface area contributed by atoms with E-state index in [0.29, 0.717) is 25.6 Å². The Morgan fingerprint density at radius 3 is 2.52 bits per heavy atom. The largest absolute Gasteiger partial charge is 0.493 e. The minimum absolute atomic E-state index is 0.00952. The lowest BCUT2D eigenvalue weighted by Gasteiger charge is -2.14. The van der Waals surface area contributed by atoms with E-state index in [9.17, 15) is 4.79 Å². The van der Waals surface area contributed by atoms with Gasteiger partial charge in [-0.15, -0.1) is 0 Å². The third-order valence-electron chi connectivity index (χ3n) is 3.92. The van der Waals surface area contributed by atoms with Crippen molar-refractivity contribution in [3.63, 3.8) is 0 Å². The predicted octanol–water partition coefficient (Wildman–Crippen LogP) is 3.77. The van der Waals surface area contributed by atoms with E-state index in [1.807, 2.05) is 30.3 Å². The van der Waals surface area contributed by atoms with Gasteiger partial charge in [-0.05, 0) is 51.5 Å². The molecule has 0 fully saturated rings. The van der Waals surface area contributed by atoms with Crippen LogP contribution in [0.25, 0.3) is 0 Å². The van der Waals surface area contributed by atoms with Crippen molar-refractivity contribution in [3.05, 3.63) is 53.3 Å². The predicted molar refractivity (Wildman–Crippen MR) is 92.7 cm³/mol. The van der Waals surface area contributed by atoms with Crippen molar-refractivity contribution >= 4 is 5.91 Å². The van der Waals surface area contributed by atoms with E-state index < -0.39 is 0 Å². The van der Waals surface area contributed by atoms with E-state index in [0.717, 1.165) is 5.75 Å². The molecular formula is C19H26N2O2. The number of aryl methyl sites for hydroxylation is 1. The molecule has 0 aliphatic rings. The molecule has 1 N–H and O–H groups in total. The van der Waals surface area contributed by atoms with Gasteiger partial charge in [-0.2, -0.15) is 0 Å². The minimum atomic E-state index is 0.00952. The number of nitrogens with zero attached hydrogens (tertiary/aromatic N) is 1. The first kappa shape index (κ1) is 17.1. The van der Waals surface area contributed by atoms with Crippen LogP contribution in [-0.4, -0.2) is 17.1 Å². The molecule has 0 spiro atoms. The summed E-state index contributed by atoms with van der Waals surface area (Å²) in [5.74, 6) is 0.802. The van der Waals surface area contributed by atoms with Crippen LogP contribution in [-0.2, 0) is 11.3 Å². The normalized spacial score (nSPS) is 10.8. The SMILES string of the molecule is Cc1cc(CNC(=O)CCOc2ccccc2)c(C)n1C(C)C. The molecular weight excluding hydrogens is 288 g/mol. The lowest BCUT2D eigenvalue weighted by molar-refractivity contribution is -0.121. The van der Waals surface area contributed by atoms with Gasteiger partial charge in [-0.1, -0.05) is 18.2 Å². The molecule has 2 aromatic rings. The molecule has 1 aromatic carbocycles. The Hall–Kier alpha value is -2.23. The number of carbonyl (C=O) groups excluding carboxylic acids is 1. The molecule has 0 bridgehead atoms. The Bertz CT molecular complexity index is 645. The van der Waals surface area contributed by atoms with Crippen molar-refractivity contribution in [3.8, 4) is 5.75 Å². The quantitative estimate of drug-likeness (QED) is 0.845. The second kappa shape index (κ2) is 7.86. The molecule has 4 nitrogen and oxygen atoms in total. The highest BCUT2D eigenvalue weighted by atomic mass is 16.5. The van der Waals surface area contributed by atoms with Gasteiger partial charge in [0.1, 0.15) is 5.75 Å². The number of hydrogen-bond donors (Lipinski definition) is 1. The molecule has 124 valence electrons. The van der Waals surface area contributed by atoms with Crippen molar-refractivity contribution < 1.29 is 9.53 Å². The number of aromatic nitrogens is 1. The molecule has 1 amide bonds. The second-order valence-electron chi connectivity index (χ2n) is 6.05. The number of amides is 1. The van der Waals surface area contributed by atoms with Gasteiger partial charge in [0.2, 0.25) is 5.91 Å². The molecule has 0 saturated heterocycles. The third-order valence-corrected chi connectivity index (χ3v) is 3.92. The first-order chi connectivity index (χ1) is 11.0. The fourth-order valence-corrected chi connectivity index (χ4v) is 2.88. The first-order valence-electron chi connectivity index (χ1n) is 8.11. The van der Waals surface area contributed by atoms with E-state index in [1.54, 1.807) is 0 Å². The zero-order valence-corrected chi connectivity index (χ0v) is 14.4. The molecule has 0 atom stereocenters. The van der Waals surface area contributed by atoms with Crippen LogP contribution in [0.15, 0.2) is 36.4 Å². The number of nitrogens with one attached hydrogen (secondary N) is 1. The Morgan fingerprint density at radius 1 is 1.22 bits per heavy atom. The maximum atomic E-state index is 11.9. The van der Waals surface area contributed by atoms with E-state index in [-0.39, 0.29) is 5.91 Å². The Balaban J connectivity index is 1.80. The highest BCUT2D eigenvalue weighted by Gasteiger charge is 2.12. The van der Waals surface area contributed by atoms with Gasteiger partial charge in [0.15, 0.2) is 0 Å². The van der Waals surface area contributed by atoms with Crippen LogP contribution in [0.5, 0.6) is 5.75 Å². The average Bonchev–Trinajstić information content (AvgIpc) is 2.80. The van der Waals surface area contributed by atoms with Crippen LogP contribution < -0.4 is 10.1 Å². The monoisotopic (exact) mass is 314 g/mol. The van der Waals surface area contributed by atoms with Crippen molar-refractivity contribution in [2.75, 3.05) is 6.61 Å². The molecule has 0 saturated carbocycles. The standard InChI is InChI=1S/C19H26N2O2/c1-14(2)21-15(3)12-17(16(21)4)13-20-19(22)10-11-23-18-8-6-5-7-9-18/h5-9,12,14H,10-11,13H2,1-4H3,(H,20,22). The number of hydrogen-bond acceptors (Lipinski definition) is 2. The molecule has 0 aliphatic carbocycles. The maximum Gasteiger partial charge on any atom is 0.223 e. The number of para-hydroxylation sites is 1. The number of rotatable bonds is 7. The van der Waals surface area contributed by atoms with Gasteiger partial charge in [0, 0.05) is 24.0 Å². The van der Waals surface area contributed by atoms with Crippen LogP contribution in [0.4, 0.5) is 0 Å². The maximum absolute atomic E-state index is 11.9. The van der Waals surface area contributed by atoms with Gasteiger partial charge >= 0.3 is 0 Å². The summed E-state index contributed by atoms with van der Waals surface area (Å²) < 4.78 is 7.83. The van der Waals surface area contributed by atoms with Gasteiger partial charge in [0.25, 0.3) is 0 Å². The second-order valence-corrected chi connectivity index (χ2v) is 6.05. The molecule has 1 aromatic heterocycles. The van der Waals surface area contributed by atoms with Crippen molar-refractivity contribution in [1.29, 1.82) is 0 Å². The van der Waals surface area contributed by atoms with Crippen molar-refractivity contribution in [2.24, 2.45) is 0 Å². The fraction of sp³-hybridized carbons (Fsp3) is 0.421. The molecule has 1 heterocycles. The highest BCUT2D eigenvalue weighted by molar-refractivity contribution is 5.76. The van der Waals surface area contributed by atoms with E-state index >= 15 is 0 Å². The number of benzene rings is 1. The van der Waals surface area contributed by atoms with Gasteiger partial charge < -0.3 is 14.6 Å². The van der Waals surface area contributed by atoms with Crippen LogP contribution in [0.1, 0.15) is 43.3 Å². The zero-order valence-electron chi connectivity index (χ0n) is 14.4. The summed E-state index contributed by atoms with van der Waals surface area (Å²) in [7, 11) is 0. The third kappa shape index (κ3) is 4.62. The highest BCUT2D eigenvalue weighted by Crippen LogP contribution is 2.19. The van der Waals surface area contributed by atoms with E-state index in [1.165, 1.54) is 17.0 Å². The lowest BCUT2D eigenvalue weighted by atomic mass is 10.2. The van der Waals surface area contributed by atoms with Crippen LogP contribution in [0.2, 0.25) is 0 Å². The molecule has 4 heteroatoms. The first-order valence-corrected chi connectivity index (χ1v) is 8.11. The van der Waals surface area contributed by atoms with Crippen molar-refractivity contribution in [1.82, 2.24) is 9.88 Å². The summed E-state index contributed by atoms with van der Waals surface area (Å²) in [5, 5.41) is 2.97. The van der Waals surface area contributed by atoms with Gasteiger partial charge in [0.05, 0.1) is 13.0 Å². The van der Waals surface area contributed by atoms with Gasteiger partial charge in [-0.3, -0.25) is 4.79 Å². The summed E-state index contributed by atoms with van der Waals surface area (Å²) in [4.78, 5) is 11.9. The van der Waals surface area contributed by atoms with Gasteiger partial charge in [-0.25, -0.2) is 0 Å². The summed E-state index contributed by atoms with van der Waals surface area (Å²) in [6.07, 6.45) is 0.359. The smallest absolute Gasteiger partial charge is 0.223 e. The van der Waals surface area contributed by atoms with Crippen LogP contribution in [0, 0.1) is 13.8 Å². The average molecular weight is 314 g/mol. The van der Waals surface area contributed by atoms with E-state index in [2.05, 4.69) is 43.6 Å². The summed E-state index contributed by atoms with van der Waals surface area (Å²) in [6, 6.07) is 12.1. The Morgan fingerprint density at radius 2 is 1.91 bits per heavy atom. The molecule has 2 rings (SSSR count). The number of carbonyl (C=O) groups is 1. The lowest BCUT2D eigenvalue weighted by Crippen LogP contribution is -2.24. The van der Waals surface area contributed by atoms with Crippen LogP contribution in [0.3, 0.4) is 0 Å². The Kier molecular flexibility index (Phi) is 5.85. The van der Waals surface area contributed by atoms with Crippen molar-refractivity contribution in [2.45, 2.75) is 46.7 Å². The molecule has 0 radical (unpaired) electrons. The molecule has 0 aliphatic heterocycles. The number of ether oxygens (including phenoxy) is 1. The summed E-state index contributed by atoms with van der Waals surface area (Å²) >= 11 is 0. The summed E-state index contributed by atoms with van der Waals surface area (Å²) in [6.45, 7) is 9.50. The van der Waals surface area contributed by atoms with E-state index in [4.69, 9.17) is 4.74 Å². The zero-order chi connectivity index (χ0) is 16.8. The minimum Gasteiger partial charge on any atom is -0.493 e. The molecule has 0 unspecified atom stereocenters. The Labute approximate surface area is 138 Å². The topological polar surface area (TPSA) is 43.3 Å². The fourth-order valence-electron chi connectivity index (χ4n) is 2.88. The summed E-state index contributed by atoms with van der Waals surface area (Å²) in [5.41, 5.74) is 3.63. The molecule has 23 heavy (non-hydrogen) atoms. The van der Waals surface area contributed by atoms with Crippen LogP contribution >= 0.6 is 0 Å².